The Morgan fingerprint density at radius 3 is 2.53 bits per heavy atom. The summed E-state index contributed by atoms with van der Waals surface area (Å²) in [5.74, 6) is -3.57. The van der Waals surface area contributed by atoms with E-state index in [0.717, 1.165) is 12.0 Å². The third kappa shape index (κ3) is 9.49. The van der Waals surface area contributed by atoms with Gasteiger partial charge in [0.2, 0.25) is 23.5 Å². The quantitative estimate of drug-likeness (QED) is 0.191. The SMILES string of the molecule is CCCC[C@H](NC(=O)CC(O)C1=CCC(C)(c2cccc(Cl)c2)C=C1)C(=O)N[C@@H](C[C@@H]1CCNC1=O)C(=O)C(=O)NCC. The summed E-state index contributed by atoms with van der Waals surface area (Å²) in [6.07, 6.45) is 7.12. The number of likely N-dealkylation sites (N-methyl/N-ethyl adjacent to an activating group) is 1. The van der Waals surface area contributed by atoms with Gasteiger partial charge in [-0.2, -0.15) is 0 Å². The number of carbonyl (C=O) groups is 5. The number of hydrogen-bond donors (Lipinski definition) is 5. The molecular formula is C32H43ClN4O6. The van der Waals surface area contributed by atoms with Crippen molar-refractivity contribution in [2.75, 3.05) is 13.1 Å². The van der Waals surface area contributed by atoms with Crippen molar-refractivity contribution < 1.29 is 29.1 Å². The zero-order valence-corrected chi connectivity index (χ0v) is 25.8. The van der Waals surface area contributed by atoms with Gasteiger partial charge in [-0.15, -0.1) is 0 Å². The van der Waals surface area contributed by atoms with Crippen LogP contribution in [0.3, 0.4) is 0 Å². The molecule has 43 heavy (non-hydrogen) atoms. The van der Waals surface area contributed by atoms with Gasteiger partial charge < -0.3 is 26.4 Å². The van der Waals surface area contributed by atoms with Crippen LogP contribution in [-0.4, -0.2) is 65.8 Å². The Labute approximate surface area is 258 Å². The van der Waals surface area contributed by atoms with E-state index >= 15 is 0 Å². The molecule has 0 bridgehead atoms. The maximum absolute atomic E-state index is 13.3. The molecule has 1 aromatic carbocycles. The van der Waals surface area contributed by atoms with Gasteiger partial charge in [0.25, 0.3) is 5.91 Å². The Morgan fingerprint density at radius 1 is 1.16 bits per heavy atom. The summed E-state index contributed by atoms with van der Waals surface area (Å²) < 4.78 is 0. The van der Waals surface area contributed by atoms with E-state index in [-0.39, 0.29) is 30.7 Å². The van der Waals surface area contributed by atoms with E-state index in [1.54, 1.807) is 13.0 Å². The minimum absolute atomic E-state index is 0.0186. The van der Waals surface area contributed by atoms with Crippen LogP contribution in [0.1, 0.15) is 71.3 Å². The molecule has 1 aliphatic carbocycles. The van der Waals surface area contributed by atoms with Gasteiger partial charge in [-0.1, -0.05) is 68.7 Å². The lowest BCUT2D eigenvalue weighted by atomic mass is 9.75. The van der Waals surface area contributed by atoms with Crippen LogP contribution in [0.15, 0.2) is 48.1 Å². The van der Waals surface area contributed by atoms with Crippen LogP contribution < -0.4 is 21.3 Å². The highest BCUT2D eigenvalue weighted by Gasteiger charge is 2.35. The van der Waals surface area contributed by atoms with E-state index < -0.39 is 47.6 Å². The monoisotopic (exact) mass is 614 g/mol. The number of nitrogens with one attached hydrogen (secondary N) is 4. The standard InChI is InChI=1S/C32H43ClN4O6/c1-4-6-10-24(30(42)37-25(28(40)31(43)34-5-2)17-21-13-16-35-29(21)41)36-27(39)19-26(38)20-11-14-32(3,15-12-20)22-8-7-9-23(33)18-22/h7-9,11-12,14,18,21,24-26,38H,4-6,10,13,15-17,19H2,1-3H3,(H,34,43)(H,35,41)(H,36,39)(H,37,42)/t21-,24-,25-,26?,32?/m0/s1. The Kier molecular flexibility index (Phi) is 12.5. The van der Waals surface area contributed by atoms with Crippen LogP contribution in [0, 0.1) is 5.92 Å². The maximum Gasteiger partial charge on any atom is 0.289 e. The Hall–Kier alpha value is -3.50. The van der Waals surface area contributed by atoms with E-state index in [2.05, 4.69) is 28.2 Å². The van der Waals surface area contributed by atoms with E-state index in [9.17, 15) is 29.1 Å². The number of allylic oxidation sites excluding steroid dienone is 2. The molecule has 2 unspecified atom stereocenters. The second-order valence-electron chi connectivity index (χ2n) is 11.4. The number of hydrogen-bond acceptors (Lipinski definition) is 6. The Balaban J connectivity index is 1.65. The van der Waals surface area contributed by atoms with E-state index in [1.165, 1.54) is 0 Å². The average Bonchev–Trinajstić information content (AvgIpc) is 3.38. The number of aliphatic hydroxyl groups is 1. The number of amides is 4. The summed E-state index contributed by atoms with van der Waals surface area (Å²) in [7, 11) is 0. The first kappa shape index (κ1) is 34.0. The summed E-state index contributed by atoms with van der Waals surface area (Å²) in [6, 6.07) is 5.41. The number of halogens is 1. The van der Waals surface area contributed by atoms with Gasteiger partial charge in [-0.05, 0) is 55.9 Å². The molecule has 1 fully saturated rings. The first-order valence-corrected chi connectivity index (χ1v) is 15.4. The normalized spacial score (nSPS) is 21.7. The predicted molar refractivity (Wildman–Crippen MR) is 164 cm³/mol. The fourth-order valence-corrected chi connectivity index (χ4v) is 5.53. The molecule has 1 heterocycles. The fourth-order valence-electron chi connectivity index (χ4n) is 5.34. The van der Waals surface area contributed by atoms with Crippen molar-refractivity contribution >= 4 is 41.0 Å². The van der Waals surface area contributed by atoms with Gasteiger partial charge in [0, 0.05) is 29.4 Å². The zero-order chi connectivity index (χ0) is 31.6. The van der Waals surface area contributed by atoms with Gasteiger partial charge in [0.05, 0.1) is 18.6 Å². The van der Waals surface area contributed by atoms with Crippen molar-refractivity contribution in [2.24, 2.45) is 5.92 Å². The fraction of sp³-hybridized carbons (Fsp3) is 0.531. The predicted octanol–water partition coefficient (Wildman–Crippen LogP) is 2.63. The topological polar surface area (TPSA) is 154 Å². The molecule has 1 aliphatic heterocycles. The van der Waals surface area contributed by atoms with Gasteiger partial charge in [-0.25, -0.2) is 0 Å². The summed E-state index contributed by atoms with van der Waals surface area (Å²) in [5, 5.41) is 22.0. The van der Waals surface area contributed by atoms with Crippen LogP contribution in [-0.2, 0) is 29.4 Å². The van der Waals surface area contributed by atoms with Crippen LogP contribution in [0.25, 0.3) is 0 Å². The number of aliphatic hydroxyl groups excluding tert-OH is 1. The highest BCUT2D eigenvalue weighted by atomic mass is 35.5. The second kappa shape index (κ2) is 15.8. The highest BCUT2D eigenvalue weighted by Crippen LogP contribution is 2.35. The largest absolute Gasteiger partial charge is 0.388 e. The van der Waals surface area contributed by atoms with Gasteiger partial charge in [0.15, 0.2) is 0 Å². The first-order chi connectivity index (χ1) is 20.5. The summed E-state index contributed by atoms with van der Waals surface area (Å²) >= 11 is 6.17. The van der Waals surface area contributed by atoms with Crippen molar-refractivity contribution in [3.05, 3.63) is 58.7 Å². The average molecular weight is 615 g/mol. The van der Waals surface area contributed by atoms with Crippen molar-refractivity contribution in [3.8, 4) is 0 Å². The smallest absolute Gasteiger partial charge is 0.289 e. The van der Waals surface area contributed by atoms with Crippen LogP contribution >= 0.6 is 11.6 Å². The molecule has 0 aromatic heterocycles. The number of unbranched alkanes of at least 4 members (excludes halogenated alkanes) is 1. The lowest BCUT2D eigenvalue weighted by molar-refractivity contribution is -0.141. The van der Waals surface area contributed by atoms with E-state index in [4.69, 9.17) is 11.6 Å². The number of ketones is 1. The number of benzene rings is 1. The number of rotatable bonds is 15. The molecule has 10 nitrogen and oxygen atoms in total. The molecule has 3 rings (SSSR count). The summed E-state index contributed by atoms with van der Waals surface area (Å²) in [6.45, 7) is 6.38. The van der Waals surface area contributed by atoms with Crippen molar-refractivity contribution in [2.45, 2.75) is 89.3 Å². The van der Waals surface area contributed by atoms with E-state index in [1.807, 2.05) is 43.3 Å². The van der Waals surface area contributed by atoms with Crippen LogP contribution in [0.4, 0.5) is 0 Å². The lowest BCUT2D eigenvalue weighted by Crippen LogP contribution is -2.54. The molecule has 0 spiro atoms. The summed E-state index contributed by atoms with van der Waals surface area (Å²) in [4.78, 5) is 63.7. The van der Waals surface area contributed by atoms with Crippen molar-refractivity contribution in [1.82, 2.24) is 21.3 Å². The van der Waals surface area contributed by atoms with Gasteiger partial charge in [-0.3, -0.25) is 24.0 Å². The zero-order valence-electron chi connectivity index (χ0n) is 25.1. The maximum atomic E-state index is 13.3. The van der Waals surface area contributed by atoms with Crippen LogP contribution in [0.2, 0.25) is 5.02 Å². The molecule has 2 aliphatic rings. The number of Topliss-reactive ketones (excluding diaryl/α,β-unsaturated/α-hetero) is 1. The molecule has 1 saturated heterocycles. The molecule has 1 aromatic rings. The third-order valence-corrected chi connectivity index (χ3v) is 8.26. The Bertz CT molecular complexity index is 1260. The molecule has 0 radical (unpaired) electrons. The van der Waals surface area contributed by atoms with Crippen LogP contribution in [0.5, 0.6) is 0 Å². The minimum atomic E-state index is -1.22. The minimum Gasteiger partial charge on any atom is -0.388 e. The molecule has 4 amide bonds. The van der Waals surface area contributed by atoms with Crippen molar-refractivity contribution in [3.63, 3.8) is 0 Å². The first-order valence-electron chi connectivity index (χ1n) is 15.0. The van der Waals surface area contributed by atoms with Gasteiger partial charge >= 0.3 is 0 Å². The highest BCUT2D eigenvalue weighted by molar-refractivity contribution is 6.38. The van der Waals surface area contributed by atoms with Crippen molar-refractivity contribution in [1.29, 1.82) is 0 Å². The molecule has 5 atom stereocenters. The third-order valence-electron chi connectivity index (χ3n) is 8.03. The summed E-state index contributed by atoms with van der Waals surface area (Å²) in [5.41, 5.74) is 1.34. The molecule has 234 valence electrons. The molecule has 0 saturated carbocycles. The lowest BCUT2D eigenvalue weighted by Gasteiger charge is -2.30. The van der Waals surface area contributed by atoms with Gasteiger partial charge in [0.1, 0.15) is 6.04 Å². The molecular weight excluding hydrogens is 572 g/mol. The molecule has 5 N–H and O–H groups in total. The Morgan fingerprint density at radius 2 is 1.93 bits per heavy atom. The number of carbonyl (C=O) groups excluding carboxylic acids is 5. The second-order valence-corrected chi connectivity index (χ2v) is 11.9. The molecule has 11 heteroatoms. The van der Waals surface area contributed by atoms with E-state index in [0.29, 0.717) is 42.8 Å².